The molecule has 0 aromatic heterocycles. The molecule has 1 atom stereocenters. The van der Waals surface area contributed by atoms with E-state index in [1.54, 1.807) is 0 Å². The minimum absolute atomic E-state index is 0.705. The van der Waals surface area contributed by atoms with Crippen molar-refractivity contribution in [3.63, 3.8) is 0 Å². The second-order valence-electron chi connectivity index (χ2n) is 4.50. The van der Waals surface area contributed by atoms with E-state index in [1.807, 2.05) is 11.8 Å². The molecule has 0 aliphatic heterocycles. The van der Waals surface area contributed by atoms with Crippen LogP contribution in [0.1, 0.15) is 6.92 Å². The Labute approximate surface area is 108 Å². The van der Waals surface area contributed by atoms with E-state index < -0.39 is 0 Å². The zero-order valence-electron chi connectivity index (χ0n) is 10.4. The third kappa shape index (κ3) is 3.40. The van der Waals surface area contributed by atoms with Crippen LogP contribution in [-0.4, -0.2) is 18.6 Å². The maximum absolute atomic E-state index is 3.51. The van der Waals surface area contributed by atoms with Crippen LogP contribution in [0, 0.1) is 5.92 Å². The number of thioether (sulfide) groups is 1. The second-order valence-corrected chi connectivity index (χ2v) is 5.41. The third-order valence-electron chi connectivity index (χ3n) is 2.86. The molecule has 0 aliphatic rings. The van der Waals surface area contributed by atoms with Crippen LogP contribution in [0.5, 0.6) is 0 Å². The normalized spacial score (nSPS) is 12.6. The molecule has 0 heterocycles. The third-order valence-corrected chi connectivity index (χ3v) is 3.76. The van der Waals surface area contributed by atoms with Gasteiger partial charge in [-0.25, -0.2) is 0 Å². The SMILES string of the molecule is CSCC(C)CNc1ccc2ccccc2c1. The summed E-state index contributed by atoms with van der Waals surface area (Å²) in [4.78, 5) is 0. The maximum atomic E-state index is 3.51. The summed E-state index contributed by atoms with van der Waals surface area (Å²) in [7, 11) is 0. The van der Waals surface area contributed by atoms with Crippen molar-refractivity contribution in [2.24, 2.45) is 5.92 Å². The first kappa shape index (κ1) is 12.3. The Kier molecular flexibility index (Phi) is 4.32. The smallest absolute Gasteiger partial charge is 0.0346 e. The minimum atomic E-state index is 0.705. The van der Waals surface area contributed by atoms with E-state index in [2.05, 4.69) is 61.0 Å². The maximum Gasteiger partial charge on any atom is 0.0346 e. The summed E-state index contributed by atoms with van der Waals surface area (Å²) in [6, 6.07) is 15.0. The molecule has 0 radical (unpaired) electrons. The molecule has 0 aliphatic carbocycles. The Hall–Kier alpha value is -1.15. The van der Waals surface area contributed by atoms with Crippen molar-refractivity contribution in [3.05, 3.63) is 42.5 Å². The quantitative estimate of drug-likeness (QED) is 0.845. The van der Waals surface area contributed by atoms with Gasteiger partial charge in [0.05, 0.1) is 0 Å². The molecule has 2 aromatic rings. The van der Waals surface area contributed by atoms with Crippen LogP contribution in [0.25, 0.3) is 10.8 Å². The van der Waals surface area contributed by atoms with Gasteiger partial charge in [-0.15, -0.1) is 0 Å². The molecule has 2 heteroatoms. The van der Waals surface area contributed by atoms with Crippen molar-refractivity contribution in [2.45, 2.75) is 6.92 Å². The molecule has 90 valence electrons. The van der Waals surface area contributed by atoms with Crippen molar-refractivity contribution < 1.29 is 0 Å². The first-order chi connectivity index (χ1) is 8.29. The van der Waals surface area contributed by atoms with Crippen molar-refractivity contribution in [1.29, 1.82) is 0 Å². The number of hydrogen-bond donors (Lipinski definition) is 1. The van der Waals surface area contributed by atoms with Gasteiger partial charge < -0.3 is 5.32 Å². The summed E-state index contributed by atoms with van der Waals surface area (Å²) in [5, 5.41) is 6.11. The fourth-order valence-electron chi connectivity index (χ4n) is 1.93. The fraction of sp³-hybridized carbons (Fsp3) is 0.333. The Morgan fingerprint density at radius 2 is 1.88 bits per heavy atom. The highest BCUT2D eigenvalue weighted by Crippen LogP contribution is 2.19. The lowest BCUT2D eigenvalue weighted by molar-refractivity contribution is 0.702. The highest BCUT2D eigenvalue weighted by Gasteiger charge is 2.01. The standard InChI is InChI=1S/C15H19NS/c1-12(11-17-2)10-16-15-8-7-13-5-3-4-6-14(13)9-15/h3-9,12,16H,10-11H2,1-2H3. The van der Waals surface area contributed by atoms with Crippen LogP contribution in [0.2, 0.25) is 0 Å². The molecule has 2 rings (SSSR count). The number of fused-ring (bicyclic) bond motifs is 1. The van der Waals surface area contributed by atoms with Crippen LogP contribution in [0.3, 0.4) is 0 Å². The lowest BCUT2D eigenvalue weighted by Gasteiger charge is -2.12. The van der Waals surface area contributed by atoms with E-state index in [1.165, 1.54) is 22.2 Å². The van der Waals surface area contributed by atoms with Gasteiger partial charge in [-0.05, 0) is 40.8 Å². The average molecular weight is 245 g/mol. The molecule has 17 heavy (non-hydrogen) atoms. The molecule has 1 N–H and O–H groups in total. The molecule has 0 saturated carbocycles. The molecule has 0 saturated heterocycles. The highest BCUT2D eigenvalue weighted by atomic mass is 32.2. The molecule has 0 bridgehead atoms. The Balaban J connectivity index is 2.04. The number of rotatable bonds is 5. The summed E-state index contributed by atoms with van der Waals surface area (Å²) in [6.07, 6.45) is 2.16. The van der Waals surface area contributed by atoms with Crippen LogP contribution >= 0.6 is 11.8 Å². The first-order valence-corrected chi connectivity index (χ1v) is 7.40. The van der Waals surface area contributed by atoms with E-state index in [9.17, 15) is 0 Å². The Morgan fingerprint density at radius 1 is 1.12 bits per heavy atom. The van der Waals surface area contributed by atoms with E-state index in [0.29, 0.717) is 5.92 Å². The molecule has 0 fully saturated rings. The van der Waals surface area contributed by atoms with Crippen molar-refractivity contribution in [1.82, 2.24) is 0 Å². The number of anilines is 1. The Bertz CT molecular complexity index is 481. The van der Waals surface area contributed by atoms with E-state index in [-0.39, 0.29) is 0 Å². The molecule has 0 amide bonds. The highest BCUT2D eigenvalue weighted by molar-refractivity contribution is 7.98. The molecule has 1 nitrogen and oxygen atoms in total. The van der Waals surface area contributed by atoms with Crippen molar-refractivity contribution >= 4 is 28.2 Å². The van der Waals surface area contributed by atoms with Crippen LogP contribution in [0.15, 0.2) is 42.5 Å². The first-order valence-electron chi connectivity index (χ1n) is 6.01. The van der Waals surface area contributed by atoms with Gasteiger partial charge in [0.1, 0.15) is 0 Å². The fourth-order valence-corrected chi connectivity index (χ4v) is 2.62. The van der Waals surface area contributed by atoms with Gasteiger partial charge >= 0.3 is 0 Å². The van der Waals surface area contributed by atoms with Crippen LogP contribution < -0.4 is 5.32 Å². The number of hydrogen-bond acceptors (Lipinski definition) is 2. The lowest BCUT2D eigenvalue weighted by Crippen LogP contribution is -2.13. The lowest BCUT2D eigenvalue weighted by atomic mass is 10.1. The van der Waals surface area contributed by atoms with Crippen LogP contribution in [-0.2, 0) is 0 Å². The van der Waals surface area contributed by atoms with Crippen molar-refractivity contribution in [3.8, 4) is 0 Å². The Morgan fingerprint density at radius 3 is 2.65 bits per heavy atom. The van der Waals surface area contributed by atoms with E-state index in [4.69, 9.17) is 0 Å². The monoisotopic (exact) mass is 245 g/mol. The summed E-state index contributed by atoms with van der Waals surface area (Å²) in [5.41, 5.74) is 1.22. The van der Waals surface area contributed by atoms with Gasteiger partial charge in [-0.1, -0.05) is 37.3 Å². The molecular formula is C15H19NS. The zero-order chi connectivity index (χ0) is 12.1. The molecule has 0 spiro atoms. The summed E-state index contributed by atoms with van der Waals surface area (Å²) < 4.78 is 0. The number of nitrogens with one attached hydrogen (secondary N) is 1. The van der Waals surface area contributed by atoms with E-state index >= 15 is 0 Å². The number of benzene rings is 2. The molecule has 2 aromatic carbocycles. The van der Waals surface area contributed by atoms with Gasteiger partial charge in [-0.2, -0.15) is 11.8 Å². The summed E-state index contributed by atoms with van der Waals surface area (Å²) in [5.74, 6) is 1.91. The second kappa shape index (κ2) is 5.97. The molecule has 1 unspecified atom stereocenters. The predicted octanol–water partition coefficient (Wildman–Crippen LogP) is 4.25. The van der Waals surface area contributed by atoms with Gasteiger partial charge in [-0.3, -0.25) is 0 Å². The summed E-state index contributed by atoms with van der Waals surface area (Å²) >= 11 is 1.91. The average Bonchev–Trinajstić information content (AvgIpc) is 2.36. The van der Waals surface area contributed by atoms with E-state index in [0.717, 1.165) is 6.54 Å². The van der Waals surface area contributed by atoms with Gasteiger partial charge in [0.2, 0.25) is 0 Å². The molecular weight excluding hydrogens is 226 g/mol. The largest absolute Gasteiger partial charge is 0.385 e. The predicted molar refractivity (Wildman–Crippen MR) is 80.0 cm³/mol. The van der Waals surface area contributed by atoms with Gasteiger partial charge in [0.25, 0.3) is 0 Å². The van der Waals surface area contributed by atoms with Crippen LogP contribution in [0.4, 0.5) is 5.69 Å². The summed E-state index contributed by atoms with van der Waals surface area (Å²) in [6.45, 7) is 3.32. The zero-order valence-corrected chi connectivity index (χ0v) is 11.3. The topological polar surface area (TPSA) is 12.0 Å². The minimum Gasteiger partial charge on any atom is -0.385 e. The van der Waals surface area contributed by atoms with Crippen molar-refractivity contribution in [2.75, 3.05) is 23.9 Å². The van der Waals surface area contributed by atoms with Gasteiger partial charge in [0, 0.05) is 12.2 Å². The van der Waals surface area contributed by atoms with Gasteiger partial charge in [0.15, 0.2) is 0 Å².